The Kier molecular flexibility index (Phi) is 7.67. The van der Waals surface area contributed by atoms with Crippen LogP contribution in [0.25, 0.3) is 0 Å². The van der Waals surface area contributed by atoms with E-state index < -0.39 is 16.1 Å². The van der Waals surface area contributed by atoms with E-state index in [0.717, 1.165) is 41.5 Å². The van der Waals surface area contributed by atoms with Crippen LogP contribution in [0.4, 0.5) is 5.69 Å². The number of rotatable bonds is 9. The lowest BCUT2D eigenvalue weighted by atomic mass is 10.1. The number of nitrogens with one attached hydrogen (secondary N) is 1. The van der Waals surface area contributed by atoms with Crippen LogP contribution in [0.1, 0.15) is 30.0 Å². The zero-order chi connectivity index (χ0) is 21.6. The Bertz CT molecular complexity index is 957. The van der Waals surface area contributed by atoms with Gasteiger partial charge in [0.05, 0.1) is 19.1 Å². The molecule has 0 saturated heterocycles. The third-order valence-electron chi connectivity index (χ3n) is 4.81. The van der Waals surface area contributed by atoms with Crippen LogP contribution >= 0.6 is 0 Å². The summed E-state index contributed by atoms with van der Waals surface area (Å²) in [7, 11) is -1.99. The molecule has 2 aromatic carbocycles. The van der Waals surface area contributed by atoms with E-state index in [2.05, 4.69) is 5.32 Å². The highest BCUT2D eigenvalue weighted by molar-refractivity contribution is 7.92. The third kappa shape index (κ3) is 5.97. The molecule has 0 heterocycles. The quantitative estimate of drug-likeness (QED) is 0.635. The predicted octanol–water partition coefficient (Wildman–Crippen LogP) is 3.22. The molecular formula is C22H30N2O4S. The van der Waals surface area contributed by atoms with Gasteiger partial charge in [0.2, 0.25) is 15.9 Å². The van der Waals surface area contributed by atoms with Crippen molar-refractivity contribution in [3.8, 4) is 5.75 Å². The fraction of sp³-hybridized carbons (Fsp3) is 0.409. The largest absolute Gasteiger partial charge is 0.496 e. The van der Waals surface area contributed by atoms with Crippen molar-refractivity contribution >= 4 is 21.6 Å². The maximum atomic E-state index is 12.7. The van der Waals surface area contributed by atoms with E-state index in [1.165, 1.54) is 4.31 Å². The molecule has 2 aromatic rings. The van der Waals surface area contributed by atoms with Gasteiger partial charge in [0.1, 0.15) is 11.8 Å². The monoisotopic (exact) mass is 418 g/mol. The zero-order valence-electron chi connectivity index (χ0n) is 17.7. The molecule has 0 aliphatic heterocycles. The second kappa shape index (κ2) is 9.78. The van der Waals surface area contributed by atoms with Crippen molar-refractivity contribution in [3.63, 3.8) is 0 Å². The lowest BCUT2D eigenvalue weighted by Gasteiger charge is -2.29. The molecular weight excluding hydrogens is 388 g/mol. The van der Waals surface area contributed by atoms with Gasteiger partial charge in [-0.2, -0.15) is 0 Å². The fourth-order valence-electron chi connectivity index (χ4n) is 3.29. The maximum absolute atomic E-state index is 12.7. The summed E-state index contributed by atoms with van der Waals surface area (Å²) in [6.07, 6.45) is 2.60. The number of ether oxygens (including phenoxy) is 1. The number of methoxy groups -OCH3 is 1. The molecule has 2 rings (SSSR count). The summed E-state index contributed by atoms with van der Waals surface area (Å²) in [4.78, 5) is 12.7. The van der Waals surface area contributed by atoms with Crippen molar-refractivity contribution in [1.29, 1.82) is 0 Å². The Morgan fingerprint density at radius 3 is 2.52 bits per heavy atom. The van der Waals surface area contributed by atoms with E-state index in [1.807, 2.05) is 50.2 Å². The highest BCUT2D eigenvalue weighted by atomic mass is 32.2. The lowest BCUT2D eigenvalue weighted by Crippen LogP contribution is -2.48. The fourth-order valence-corrected chi connectivity index (χ4v) is 4.51. The number of carbonyl (C=O) groups is 1. The standard InChI is InChI=1S/C22H30N2O4S/c1-16-12-13-17(2)20(15-16)24(29(5,26)27)18(3)22(25)23-14-8-10-19-9-6-7-11-21(19)28-4/h6-7,9,11-13,15,18H,8,10,14H2,1-5H3,(H,23,25)/t18-/m1/s1. The number of para-hydroxylation sites is 1. The minimum absolute atomic E-state index is 0.323. The summed E-state index contributed by atoms with van der Waals surface area (Å²) < 4.78 is 31.5. The van der Waals surface area contributed by atoms with Crippen molar-refractivity contribution in [2.45, 2.75) is 39.7 Å². The highest BCUT2D eigenvalue weighted by Gasteiger charge is 2.30. The molecule has 158 valence electrons. The van der Waals surface area contributed by atoms with Crippen LogP contribution in [0.2, 0.25) is 0 Å². The molecule has 0 saturated carbocycles. The van der Waals surface area contributed by atoms with Crippen LogP contribution in [-0.2, 0) is 21.2 Å². The molecule has 1 atom stereocenters. The summed E-state index contributed by atoms with van der Waals surface area (Å²) in [5.41, 5.74) is 3.34. The number of amides is 1. The van der Waals surface area contributed by atoms with Crippen LogP contribution in [0.3, 0.4) is 0 Å². The molecule has 6 nitrogen and oxygen atoms in total. The molecule has 0 spiro atoms. The van der Waals surface area contributed by atoms with Crippen molar-refractivity contribution in [1.82, 2.24) is 5.32 Å². The first-order valence-electron chi connectivity index (χ1n) is 9.61. The first kappa shape index (κ1) is 22.7. The van der Waals surface area contributed by atoms with E-state index in [0.29, 0.717) is 12.2 Å². The number of carbonyl (C=O) groups excluding carboxylic acids is 1. The van der Waals surface area contributed by atoms with Gasteiger partial charge in [0.15, 0.2) is 0 Å². The first-order chi connectivity index (χ1) is 13.6. The molecule has 1 N–H and O–H groups in total. The van der Waals surface area contributed by atoms with Crippen LogP contribution in [0.15, 0.2) is 42.5 Å². The molecule has 0 aromatic heterocycles. The molecule has 0 radical (unpaired) electrons. The Labute approximate surface area is 173 Å². The number of anilines is 1. The second-order valence-corrected chi connectivity index (χ2v) is 9.09. The van der Waals surface area contributed by atoms with Crippen molar-refractivity contribution in [2.75, 3.05) is 24.2 Å². The van der Waals surface area contributed by atoms with Gasteiger partial charge in [0.25, 0.3) is 0 Å². The Balaban J connectivity index is 2.05. The van der Waals surface area contributed by atoms with Crippen LogP contribution in [0, 0.1) is 13.8 Å². The molecule has 1 amide bonds. The summed E-state index contributed by atoms with van der Waals surface area (Å²) in [6, 6.07) is 12.5. The average molecular weight is 419 g/mol. The number of sulfonamides is 1. The van der Waals surface area contributed by atoms with E-state index in [-0.39, 0.29) is 5.91 Å². The van der Waals surface area contributed by atoms with Crippen LogP contribution in [0.5, 0.6) is 5.75 Å². The number of aryl methyl sites for hydroxylation is 3. The average Bonchev–Trinajstić information content (AvgIpc) is 2.67. The molecule has 0 aliphatic carbocycles. The normalized spacial score (nSPS) is 12.3. The van der Waals surface area contributed by atoms with Crippen LogP contribution in [-0.4, -0.2) is 40.3 Å². The summed E-state index contributed by atoms with van der Waals surface area (Å²) in [5.74, 6) is 0.502. The summed E-state index contributed by atoms with van der Waals surface area (Å²) in [5, 5.41) is 2.86. The lowest BCUT2D eigenvalue weighted by molar-refractivity contribution is -0.121. The van der Waals surface area contributed by atoms with Crippen molar-refractivity contribution in [2.24, 2.45) is 0 Å². The zero-order valence-corrected chi connectivity index (χ0v) is 18.5. The van der Waals surface area contributed by atoms with Gasteiger partial charge in [0, 0.05) is 6.54 Å². The number of hydrogen-bond acceptors (Lipinski definition) is 4. The van der Waals surface area contributed by atoms with E-state index in [9.17, 15) is 13.2 Å². The Morgan fingerprint density at radius 2 is 1.86 bits per heavy atom. The molecule has 0 unspecified atom stereocenters. The minimum Gasteiger partial charge on any atom is -0.496 e. The van der Waals surface area contributed by atoms with Gasteiger partial charge < -0.3 is 10.1 Å². The topological polar surface area (TPSA) is 75.7 Å². The van der Waals surface area contributed by atoms with Gasteiger partial charge in [-0.25, -0.2) is 8.42 Å². The van der Waals surface area contributed by atoms with Crippen molar-refractivity contribution < 1.29 is 17.9 Å². The molecule has 0 aliphatic rings. The molecule has 7 heteroatoms. The van der Waals surface area contributed by atoms with Gasteiger partial charge in [-0.05, 0) is 62.4 Å². The number of benzene rings is 2. The highest BCUT2D eigenvalue weighted by Crippen LogP contribution is 2.26. The second-order valence-electron chi connectivity index (χ2n) is 7.23. The molecule has 29 heavy (non-hydrogen) atoms. The summed E-state index contributed by atoms with van der Waals surface area (Å²) >= 11 is 0. The van der Waals surface area contributed by atoms with Gasteiger partial charge >= 0.3 is 0 Å². The Hall–Kier alpha value is -2.54. The number of nitrogens with zero attached hydrogens (tertiary/aromatic N) is 1. The van der Waals surface area contributed by atoms with E-state index in [1.54, 1.807) is 20.1 Å². The smallest absolute Gasteiger partial charge is 0.243 e. The van der Waals surface area contributed by atoms with Gasteiger partial charge in [-0.1, -0.05) is 30.3 Å². The van der Waals surface area contributed by atoms with E-state index in [4.69, 9.17) is 4.74 Å². The number of hydrogen-bond donors (Lipinski definition) is 1. The predicted molar refractivity (Wildman–Crippen MR) is 117 cm³/mol. The van der Waals surface area contributed by atoms with Gasteiger partial charge in [-0.3, -0.25) is 9.10 Å². The van der Waals surface area contributed by atoms with Gasteiger partial charge in [-0.15, -0.1) is 0 Å². The Morgan fingerprint density at radius 1 is 1.17 bits per heavy atom. The minimum atomic E-state index is -3.63. The maximum Gasteiger partial charge on any atom is 0.243 e. The van der Waals surface area contributed by atoms with E-state index >= 15 is 0 Å². The molecule has 0 bridgehead atoms. The third-order valence-corrected chi connectivity index (χ3v) is 6.03. The molecule has 0 fully saturated rings. The van der Waals surface area contributed by atoms with Crippen LogP contribution < -0.4 is 14.4 Å². The van der Waals surface area contributed by atoms with Crippen molar-refractivity contribution in [3.05, 3.63) is 59.2 Å². The summed E-state index contributed by atoms with van der Waals surface area (Å²) in [6.45, 7) is 5.79. The SMILES string of the molecule is COc1ccccc1CCCNC(=O)[C@@H](C)N(c1cc(C)ccc1C)S(C)(=O)=O. The first-order valence-corrected chi connectivity index (χ1v) is 11.5.